The standard InChI is InChI=1S/C42H50F5N7O6S/c1-39(2,3)59-37(55)51-36-49-32-25(11-12-28(43)33(32)61-36)29-27(42(45,46)47)17-26-31(30(29)44)48-35(58-21-41-14-8-16-53(41)24(13-15-41)20-57-7)50-34(26)52-18-22-9-10-23(19-52)54(22)38(56)60-40(4,5)6/h11-12,17,22-24H,8-10,13-16,18-21H2,1-7H3,(H,49,51,55). The van der Waals surface area contributed by atoms with Crippen molar-refractivity contribution in [2.75, 3.05) is 50.2 Å². The summed E-state index contributed by atoms with van der Waals surface area (Å²) in [5.41, 5.74) is -5.33. The molecule has 2 aromatic heterocycles. The van der Waals surface area contributed by atoms with E-state index in [0.717, 1.165) is 50.4 Å². The van der Waals surface area contributed by atoms with Crippen molar-refractivity contribution in [3.63, 3.8) is 0 Å². The van der Waals surface area contributed by atoms with E-state index < -0.39 is 57.8 Å². The zero-order valence-electron chi connectivity index (χ0n) is 35.2. The summed E-state index contributed by atoms with van der Waals surface area (Å²) >= 11 is 0.671. The Bertz CT molecular complexity index is 2350. The normalized spacial score (nSPS) is 23.2. The summed E-state index contributed by atoms with van der Waals surface area (Å²) in [5.74, 6) is -2.13. The molecule has 330 valence electrons. The number of piperazine rings is 1. The van der Waals surface area contributed by atoms with Crippen LogP contribution in [0.4, 0.5) is 42.5 Å². The number of anilines is 2. The quantitative estimate of drug-likeness (QED) is 0.170. The highest BCUT2D eigenvalue weighted by molar-refractivity contribution is 7.22. The average Bonchev–Trinajstić information content (AvgIpc) is 3.91. The van der Waals surface area contributed by atoms with Crippen molar-refractivity contribution in [2.24, 2.45) is 0 Å². The molecule has 8 rings (SSSR count). The molecular formula is C42H50F5N7O6S. The first kappa shape index (κ1) is 43.0. The first-order chi connectivity index (χ1) is 28.6. The van der Waals surface area contributed by atoms with E-state index in [1.54, 1.807) is 58.5 Å². The van der Waals surface area contributed by atoms with Crippen LogP contribution in [0.3, 0.4) is 0 Å². The molecule has 0 radical (unpaired) electrons. The van der Waals surface area contributed by atoms with Gasteiger partial charge in [-0.25, -0.2) is 23.4 Å². The minimum atomic E-state index is -5.12. The Morgan fingerprint density at radius 3 is 2.30 bits per heavy atom. The molecule has 61 heavy (non-hydrogen) atoms. The molecule has 4 fully saturated rings. The number of nitrogens with zero attached hydrogens (tertiary/aromatic N) is 6. The number of nitrogens with one attached hydrogen (secondary N) is 1. The maximum Gasteiger partial charge on any atom is 0.417 e. The topological polar surface area (TPSA) is 131 Å². The smallest absolute Gasteiger partial charge is 0.417 e. The number of carbonyl (C=O) groups excluding carboxylic acids is 2. The highest BCUT2D eigenvalue weighted by Gasteiger charge is 2.50. The number of hydrogen-bond donors (Lipinski definition) is 1. The molecule has 4 aliphatic rings. The average molecular weight is 876 g/mol. The van der Waals surface area contributed by atoms with Crippen LogP contribution < -0.4 is 15.0 Å². The first-order valence-electron chi connectivity index (χ1n) is 20.5. The lowest BCUT2D eigenvalue weighted by molar-refractivity contribution is -0.137. The van der Waals surface area contributed by atoms with Gasteiger partial charge in [-0.05, 0) is 105 Å². The summed E-state index contributed by atoms with van der Waals surface area (Å²) in [7, 11) is 1.66. The predicted octanol–water partition coefficient (Wildman–Crippen LogP) is 9.16. The second-order valence-electron chi connectivity index (χ2n) is 18.4. The largest absolute Gasteiger partial charge is 0.461 e. The fourth-order valence-electron chi connectivity index (χ4n) is 9.47. The Morgan fingerprint density at radius 2 is 1.64 bits per heavy atom. The molecule has 4 atom stereocenters. The van der Waals surface area contributed by atoms with Crippen LogP contribution in [-0.4, -0.2) is 112 Å². The molecule has 4 saturated heterocycles. The lowest BCUT2D eigenvalue weighted by atomic mass is 9.95. The van der Waals surface area contributed by atoms with Gasteiger partial charge in [0.1, 0.15) is 35.0 Å². The number of amides is 2. The van der Waals surface area contributed by atoms with E-state index in [9.17, 15) is 9.59 Å². The van der Waals surface area contributed by atoms with Crippen LogP contribution in [0, 0.1) is 11.6 Å². The van der Waals surface area contributed by atoms with Crippen molar-refractivity contribution in [1.29, 1.82) is 0 Å². The van der Waals surface area contributed by atoms with Crippen molar-refractivity contribution in [3.05, 3.63) is 35.4 Å². The van der Waals surface area contributed by atoms with Gasteiger partial charge < -0.3 is 23.8 Å². The van der Waals surface area contributed by atoms with Gasteiger partial charge in [0.15, 0.2) is 10.9 Å². The predicted molar refractivity (Wildman–Crippen MR) is 219 cm³/mol. The Morgan fingerprint density at radius 1 is 0.934 bits per heavy atom. The fourth-order valence-corrected chi connectivity index (χ4v) is 10.4. The van der Waals surface area contributed by atoms with Gasteiger partial charge in [-0.3, -0.25) is 15.1 Å². The Balaban J connectivity index is 1.25. The number of halogens is 5. The zero-order chi connectivity index (χ0) is 43.8. The number of methoxy groups -OCH3 is 1. The number of hydrogen-bond acceptors (Lipinski definition) is 12. The lowest BCUT2D eigenvalue weighted by Gasteiger charge is -2.42. The van der Waals surface area contributed by atoms with E-state index in [1.165, 1.54) is 0 Å². The van der Waals surface area contributed by atoms with Gasteiger partial charge in [-0.1, -0.05) is 11.3 Å². The van der Waals surface area contributed by atoms with Crippen LogP contribution in [0.5, 0.6) is 6.01 Å². The van der Waals surface area contributed by atoms with Crippen LogP contribution in [0.15, 0.2) is 18.2 Å². The minimum absolute atomic E-state index is 0.0305. The highest BCUT2D eigenvalue weighted by Crippen LogP contribution is 2.48. The zero-order valence-corrected chi connectivity index (χ0v) is 36.0. The number of carbonyl (C=O) groups is 2. The fraction of sp³-hybridized carbons (Fsp3) is 0.595. The Labute approximate surface area is 353 Å². The number of aromatic nitrogens is 3. The number of fused-ring (bicyclic) bond motifs is 5. The number of alkyl halides is 3. The van der Waals surface area contributed by atoms with Crippen molar-refractivity contribution in [1.82, 2.24) is 24.8 Å². The van der Waals surface area contributed by atoms with E-state index in [4.69, 9.17) is 23.9 Å². The van der Waals surface area contributed by atoms with Gasteiger partial charge in [-0.15, -0.1) is 0 Å². The molecule has 4 unspecified atom stereocenters. The van der Waals surface area contributed by atoms with Crippen molar-refractivity contribution in [3.8, 4) is 17.1 Å². The Hall–Kier alpha value is -4.62. The molecule has 4 aliphatic heterocycles. The molecule has 0 spiro atoms. The van der Waals surface area contributed by atoms with Crippen LogP contribution >= 0.6 is 11.3 Å². The van der Waals surface area contributed by atoms with Crippen molar-refractivity contribution < 1.29 is 50.5 Å². The van der Waals surface area contributed by atoms with Crippen LogP contribution in [-0.2, 0) is 20.4 Å². The maximum atomic E-state index is 17.5. The van der Waals surface area contributed by atoms with Crippen LogP contribution in [0.1, 0.15) is 85.6 Å². The molecule has 6 heterocycles. The van der Waals surface area contributed by atoms with Crippen LogP contribution in [0.2, 0.25) is 0 Å². The summed E-state index contributed by atoms with van der Waals surface area (Å²) in [6.07, 6.45) is -1.77. The molecule has 0 saturated carbocycles. The van der Waals surface area contributed by atoms with E-state index in [1.807, 2.05) is 0 Å². The number of rotatable bonds is 8. The minimum Gasteiger partial charge on any atom is -0.461 e. The van der Waals surface area contributed by atoms with Gasteiger partial charge in [-0.2, -0.15) is 23.1 Å². The molecular weight excluding hydrogens is 826 g/mol. The summed E-state index contributed by atoms with van der Waals surface area (Å²) in [5, 5.41) is 2.03. The molecule has 0 aliphatic carbocycles. The van der Waals surface area contributed by atoms with Crippen molar-refractivity contribution in [2.45, 2.75) is 121 Å². The van der Waals surface area contributed by atoms with Gasteiger partial charge in [0, 0.05) is 42.8 Å². The highest BCUT2D eigenvalue weighted by atomic mass is 32.1. The summed E-state index contributed by atoms with van der Waals surface area (Å²) in [6.45, 7) is 12.2. The molecule has 2 aromatic carbocycles. The molecule has 1 N–H and O–H groups in total. The summed E-state index contributed by atoms with van der Waals surface area (Å²) in [6, 6.07) is 2.06. The molecule has 13 nitrogen and oxygen atoms in total. The summed E-state index contributed by atoms with van der Waals surface area (Å²) in [4.78, 5) is 45.3. The Kier molecular flexibility index (Phi) is 11.0. The third-order valence-corrected chi connectivity index (χ3v) is 12.8. The van der Waals surface area contributed by atoms with E-state index in [2.05, 4.69) is 20.2 Å². The van der Waals surface area contributed by atoms with Crippen molar-refractivity contribution >= 4 is 55.6 Å². The van der Waals surface area contributed by atoms with E-state index in [-0.39, 0.29) is 81.5 Å². The third kappa shape index (κ3) is 8.36. The number of ether oxygens (including phenoxy) is 4. The second kappa shape index (κ2) is 15.6. The number of benzene rings is 2. The molecule has 2 bridgehead atoms. The molecule has 19 heteroatoms. The van der Waals surface area contributed by atoms with Gasteiger partial charge in [0.2, 0.25) is 0 Å². The van der Waals surface area contributed by atoms with Gasteiger partial charge >= 0.3 is 24.4 Å². The molecule has 4 aromatic rings. The lowest BCUT2D eigenvalue weighted by Crippen LogP contribution is -2.57. The van der Waals surface area contributed by atoms with Crippen LogP contribution in [0.25, 0.3) is 32.2 Å². The summed E-state index contributed by atoms with van der Waals surface area (Å²) < 4.78 is 102. The van der Waals surface area contributed by atoms with E-state index in [0.29, 0.717) is 30.8 Å². The third-order valence-electron chi connectivity index (χ3n) is 11.8. The van der Waals surface area contributed by atoms with E-state index >= 15 is 22.0 Å². The SMILES string of the molecule is COCC1CCC2(COc3nc(N4CC5CCC(C4)N5C(=O)OC(C)(C)C)c4cc(C(F)(F)F)c(-c5ccc(F)c6sc(NC(=O)OC(C)(C)C)nc56)c(F)c4n3)CCCN12. The molecule has 2 amide bonds. The first-order valence-corrected chi connectivity index (χ1v) is 21.3. The van der Waals surface area contributed by atoms with Gasteiger partial charge in [0.05, 0.1) is 40.0 Å². The maximum absolute atomic E-state index is 17.5. The monoisotopic (exact) mass is 875 g/mol. The second-order valence-corrected chi connectivity index (χ2v) is 19.4. The van der Waals surface area contributed by atoms with Gasteiger partial charge in [0.25, 0.3) is 0 Å². The number of thiazole rings is 1.